The molecule has 150 valence electrons. The summed E-state index contributed by atoms with van der Waals surface area (Å²) in [4.78, 5) is 34.4. The van der Waals surface area contributed by atoms with Crippen molar-refractivity contribution in [2.45, 2.75) is 58.7 Å². The second kappa shape index (κ2) is 8.77. The number of hydrogen-bond donors (Lipinski definition) is 0. The number of carbonyl (C=O) groups is 2. The number of hydrogen-bond acceptors (Lipinski definition) is 6. The van der Waals surface area contributed by atoms with Crippen LogP contribution in [0.2, 0.25) is 0 Å². The van der Waals surface area contributed by atoms with Gasteiger partial charge in [0.15, 0.2) is 0 Å². The third-order valence-corrected chi connectivity index (χ3v) is 3.75. The van der Waals surface area contributed by atoms with Crippen LogP contribution in [0.3, 0.4) is 0 Å². The number of nitrogens with zero attached hydrogens (tertiary/aromatic N) is 1. The molecule has 1 aromatic rings. The van der Waals surface area contributed by atoms with Crippen LogP contribution in [0.4, 0.5) is 10.1 Å². The van der Waals surface area contributed by atoms with Crippen molar-refractivity contribution in [1.82, 2.24) is 0 Å². The Bertz CT molecular complexity index is 742. The molecular formula is C18H23BrFNO6. The Kier molecular flexibility index (Phi) is 7.48. The maximum Gasteiger partial charge on any atom is 0.418 e. The highest BCUT2D eigenvalue weighted by Crippen LogP contribution is 2.29. The van der Waals surface area contributed by atoms with E-state index in [1.807, 2.05) is 0 Å². The molecule has 0 N–H and O–H groups in total. The molecule has 0 spiro atoms. The molecule has 0 aliphatic heterocycles. The molecule has 1 aromatic carbocycles. The van der Waals surface area contributed by atoms with E-state index in [0.717, 1.165) is 0 Å². The van der Waals surface area contributed by atoms with Crippen LogP contribution < -0.4 is 0 Å². The van der Waals surface area contributed by atoms with Gasteiger partial charge in [0.1, 0.15) is 17.0 Å². The predicted molar refractivity (Wildman–Crippen MR) is 100 cm³/mol. The van der Waals surface area contributed by atoms with Crippen LogP contribution in [0.15, 0.2) is 12.1 Å². The van der Waals surface area contributed by atoms with Gasteiger partial charge in [-0.25, -0.2) is 14.0 Å². The molecule has 0 aromatic heterocycles. The van der Waals surface area contributed by atoms with Gasteiger partial charge >= 0.3 is 11.9 Å². The van der Waals surface area contributed by atoms with Gasteiger partial charge in [-0.15, -0.1) is 0 Å². The van der Waals surface area contributed by atoms with Gasteiger partial charge in [-0.2, -0.15) is 0 Å². The fourth-order valence-corrected chi connectivity index (χ4v) is 2.80. The first kappa shape index (κ1) is 23.0. The standard InChI is InChI=1S/C18H23BrFNO6/c1-17(2,3)26-15(22)16(23)27-18(4,5)10-12-13(20)8-11(6-7-19)9-14(12)21(24)25/h8-9H,6-7,10H2,1-5H3. The number of esters is 2. The fraction of sp³-hybridized carbons (Fsp3) is 0.556. The van der Waals surface area contributed by atoms with Gasteiger partial charge in [0.05, 0.1) is 10.5 Å². The summed E-state index contributed by atoms with van der Waals surface area (Å²) in [5, 5.41) is 11.9. The van der Waals surface area contributed by atoms with Crippen LogP contribution in [0, 0.1) is 15.9 Å². The average molecular weight is 448 g/mol. The van der Waals surface area contributed by atoms with Gasteiger partial charge in [-0.05, 0) is 52.7 Å². The molecule has 0 heterocycles. The lowest BCUT2D eigenvalue weighted by atomic mass is 9.95. The number of carbonyl (C=O) groups excluding carboxylic acids is 2. The summed E-state index contributed by atoms with van der Waals surface area (Å²) in [5.74, 6) is -3.19. The van der Waals surface area contributed by atoms with Gasteiger partial charge in [0.25, 0.3) is 5.69 Å². The zero-order chi connectivity index (χ0) is 21.0. The first-order chi connectivity index (χ1) is 12.3. The summed E-state index contributed by atoms with van der Waals surface area (Å²) in [6, 6.07) is 2.51. The second-order valence-corrected chi connectivity index (χ2v) is 8.39. The summed E-state index contributed by atoms with van der Waals surface area (Å²) in [5.41, 5.74) is -2.36. The molecule has 7 nitrogen and oxygen atoms in total. The summed E-state index contributed by atoms with van der Waals surface area (Å²) < 4.78 is 24.5. The quantitative estimate of drug-likeness (QED) is 0.216. The summed E-state index contributed by atoms with van der Waals surface area (Å²) >= 11 is 3.21. The molecule has 9 heteroatoms. The molecule has 0 fully saturated rings. The van der Waals surface area contributed by atoms with Crippen molar-refractivity contribution < 1.29 is 28.4 Å². The van der Waals surface area contributed by atoms with Gasteiger partial charge in [-0.3, -0.25) is 10.1 Å². The van der Waals surface area contributed by atoms with Gasteiger partial charge < -0.3 is 9.47 Å². The molecule has 1 rings (SSSR count). The van der Waals surface area contributed by atoms with E-state index in [1.165, 1.54) is 26.0 Å². The first-order valence-corrected chi connectivity index (χ1v) is 9.36. The first-order valence-electron chi connectivity index (χ1n) is 8.24. The summed E-state index contributed by atoms with van der Waals surface area (Å²) in [6.45, 7) is 7.65. The highest BCUT2D eigenvalue weighted by atomic mass is 79.9. The van der Waals surface area contributed by atoms with Crippen molar-refractivity contribution in [3.05, 3.63) is 39.2 Å². The Labute approximate surface area is 165 Å². The fourth-order valence-electron chi connectivity index (χ4n) is 2.34. The van der Waals surface area contributed by atoms with Crippen molar-refractivity contribution in [3.63, 3.8) is 0 Å². The van der Waals surface area contributed by atoms with Crippen LogP contribution in [0.1, 0.15) is 45.7 Å². The molecule has 0 bridgehead atoms. The minimum Gasteiger partial charge on any atom is -0.452 e. The molecule has 27 heavy (non-hydrogen) atoms. The maximum absolute atomic E-state index is 14.5. The Balaban J connectivity index is 3.06. The Hall–Kier alpha value is -2.03. The summed E-state index contributed by atoms with van der Waals surface area (Å²) in [7, 11) is 0. The molecule has 0 unspecified atom stereocenters. The molecule has 0 atom stereocenters. The highest BCUT2D eigenvalue weighted by Gasteiger charge is 2.34. The van der Waals surface area contributed by atoms with Crippen LogP contribution >= 0.6 is 15.9 Å². The Morgan fingerprint density at radius 2 is 1.70 bits per heavy atom. The number of alkyl halides is 1. The number of halogens is 2. The Morgan fingerprint density at radius 1 is 1.15 bits per heavy atom. The number of nitro groups is 1. The normalized spacial score (nSPS) is 11.8. The van der Waals surface area contributed by atoms with E-state index in [9.17, 15) is 24.1 Å². The van der Waals surface area contributed by atoms with Gasteiger partial charge in [0.2, 0.25) is 0 Å². The van der Waals surface area contributed by atoms with Crippen LogP contribution in [0.5, 0.6) is 0 Å². The minimum atomic E-state index is -1.36. The van der Waals surface area contributed by atoms with Crippen molar-refractivity contribution in [2.75, 3.05) is 5.33 Å². The maximum atomic E-state index is 14.5. The van der Waals surface area contributed by atoms with E-state index < -0.39 is 39.6 Å². The predicted octanol–water partition coefficient (Wildman–Crippen LogP) is 3.88. The Morgan fingerprint density at radius 3 is 2.19 bits per heavy atom. The lowest BCUT2D eigenvalue weighted by Crippen LogP contribution is -2.37. The van der Waals surface area contributed by atoms with Gasteiger partial charge in [-0.1, -0.05) is 15.9 Å². The smallest absolute Gasteiger partial charge is 0.418 e. The van der Waals surface area contributed by atoms with Crippen molar-refractivity contribution in [3.8, 4) is 0 Å². The van der Waals surface area contributed by atoms with Crippen LogP contribution in [-0.4, -0.2) is 33.4 Å². The average Bonchev–Trinajstić information content (AvgIpc) is 2.47. The van der Waals surface area contributed by atoms with E-state index in [0.29, 0.717) is 17.3 Å². The lowest BCUT2D eigenvalue weighted by molar-refractivity contribution is -0.386. The molecule has 0 aliphatic carbocycles. The molecule has 0 saturated heterocycles. The van der Waals surface area contributed by atoms with E-state index in [-0.39, 0.29) is 12.0 Å². The number of aryl methyl sites for hydroxylation is 1. The van der Waals surface area contributed by atoms with Crippen molar-refractivity contribution >= 4 is 33.6 Å². The minimum absolute atomic E-state index is 0.194. The molecule has 0 saturated carbocycles. The number of nitro benzene ring substituents is 1. The molecule has 0 aliphatic rings. The van der Waals surface area contributed by atoms with Crippen molar-refractivity contribution in [2.24, 2.45) is 0 Å². The van der Waals surface area contributed by atoms with E-state index in [2.05, 4.69) is 15.9 Å². The van der Waals surface area contributed by atoms with E-state index in [1.54, 1.807) is 20.8 Å². The van der Waals surface area contributed by atoms with Crippen LogP contribution in [-0.2, 0) is 31.9 Å². The molecular weight excluding hydrogens is 425 g/mol. The molecule has 0 amide bonds. The second-order valence-electron chi connectivity index (χ2n) is 7.60. The monoisotopic (exact) mass is 447 g/mol. The van der Waals surface area contributed by atoms with E-state index >= 15 is 0 Å². The van der Waals surface area contributed by atoms with Crippen molar-refractivity contribution in [1.29, 1.82) is 0 Å². The SMILES string of the molecule is CC(C)(C)OC(=O)C(=O)OC(C)(C)Cc1c(F)cc(CCBr)cc1[N+](=O)[O-]. The third-order valence-electron chi connectivity index (χ3n) is 3.35. The zero-order valence-electron chi connectivity index (χ0n) is 15.9. The van der Waals surface area contributed by atoms with E-state index in [4.69, 9.17) is 9.47 Å². The largest absolute Gasteiger partial charge is 0.452 e. The topological polar surface area (TPSA) is 95.7 Å². The highest BCUT2D eigenvalue weighted by molar-refractivity contribution is 9.09. The number of benzene rings is 1. The van der Waals surface area contributed by atoms with Gasteiger partial charge in [0, 0.05) is 17.8 Å². The zero-order valence-corrected chi connectivity index (χ0v) is 17.5. The third kappa shape index (κ3) is 7.24. The lowest BCUT2D eigenvalue weighted by Gasteiger charge is -2.26. The number of ether oxygens (including phenoxy) is 2. The van der Waals surface area contributed by atoms with Crippen LogP contribution in [0.25, 0.3) is 0 Å². The number of rotatable bonds is 6. The molecule has 0 radical (unpaired) electrons. The summed E-state index contributed by atoms with van der Waals surface area (Å²) in [6.07, 6.45) is 0.146.